The summed E-state index contributed by atoms with van der Waals surface area (Å²) in [5, 5.41) is -4.38. The van der Waals surface area contributed by atoms with Crippen molar-refractivity contribution in [2.75, 3.05) is 6.61 Å². The lowest BCUT2D eigenvalue weighted by Gasteiger charge is -2.26. The summed E-state index contributed by atoms with van der Waals surface area (Å²) in [4.78, 5) is 10.3. The van der Waals surface area contributed by atoms with Gasteiger partial charge in [-0.15, -0.1) is 0 Å². The van der Waals surface area contributed by atoms with Crippen molar-refractivity contribution in [1.82, 2.24) is 0 Å². The molecule has 2 nitrogen and oxygen atoms in total. The van der Waals surface area contributed by atoms with Crippen LogP contribution in [0, 0.1) is 0 Å². The molecule has 0 radical (unpaired) electrons. The molecule has 0 fully saturated rings. The molecule has 0 saturated carbocycles. The summed E-state index contributed by atoms with van der Waals surface area (Å²) < 4.78 is 110. The lowest BCUT2D eigenvalue weighted by Crippen LogP contribution is -2.57. The van der Waals surface area contributed by atoms with Crippen molar-refractivity contribution in [3.8, 4) is 0 Å². The number of rotatable bonds is 4. The van der Waals surface area contributed by atoms with E-state index in [1.165, 1.54) is 0 Å². The molecule has 0 aromatic rings. The summed E-state index contributed by atoms with van der Waals surface area (Å²) in [6.07, 6.45) is -6.76. The van der Waals surface area contributed by atoms with Crippen LogP contribution in [0.15, 0.2) is 0 Å². The third kappa shape index (κ3) is 3.56. The third-order valence-electron chi connectivity index (χ3n) is 1.37. The van der Waals surface area contributed by atoms with Crippen molar-refractivity contribution in [1.29, 1.82) is 0 Å². The maximum absolute atomic E-state index is 12.4. The Bertz CT molecular complexity index is 318. The maximum atomic E-state index is 12.4. The molecule has 0 unspecified atom stereocenters. The van der Waals surface area contributed by atoms with Gasteiger partial charge >= 0.3 is 29.4 Å². The second-order valence-corrected chi connectivity index (χ2v) is 3.39. The Kier molecular flexibility index (Phi) is 4.44. The minimum atomic E-state index is -6.77. The first kappa shape index (κ1) is 17.1. The average molecular weight is 313 g/mol. The van der Waals surface area contributed by atoms with Crippen molar-refractivity contribution in [2.45, 2.75) is 23.4 Å². The van der Waals surface area contributed by atoms with E-state index in [2.05, 4.69) is 16.3 Å². The van der Waals surface area contributed by atoms with Gasteiger partial charge in [0.25, 0.3) is 0 Å². The molecule has 0 spiro atoms. The maximum Gasteiger partial charge on any atom is 0.460 e. The van der Waals surface area contributed by atoms with E-state index in [9.17, 15) is 44.3 Å². The van der Waals surface area contributed by atoms with Crippen LogP contribution in [0.25, 0.3) is 0 Å². The summed E-state index contributed by atoms with van der Waals surface area (Å²) in [7, 11) is 0. The Hall–Kier alpha value is -0.870. The number of halogens is 10. The quantitative estimate of drug-likeness (QED) is 0.453. The Morgan fingerprint density at radius 1 is 0.944 bits per heavy atom. The molecule has 0 atom stereocenters. The minimum Gasteiger partial charge on any atom is -0.453 e. The first-order chi connectivity index (χ1) is 7.63. The van der Waals surface area contributed by atoms with Gasteiger partial charge in [-0.05, 0) is 11.6 Å². The van der Waals surface area contributed by atoms with Crippen LogP contribution in [0.3, 0.4) is 0 Å². The highest BCUT2D eigenvalue weighted by molar-refractivity contribution is 6.21. The number of carbonyl (C=O) groups is 1. The standard InChI is InChI=1S/C6H2ClF9O2/c7-3(8,9)1-18-2(17)4(10,11)5(12,13)6(14,15)16/h1H2. The summed E-state index contributed by atoms with van der Waals surface area (Å²) in [5.74, 6) is -16.6. The van der Waals surface area contributed by atoms with Crippen molar-refractivity contribution >= 4 is 17.6 Å². The highest BCUT2D eigenvalue weighted by atomic mass is 35.5. The lowest BCUT2D eigenvalue weighted by atomic mass is 10.1. The fraction of sp³-hybridized carbons (Fsp3) is 0.833. The molecule has 108 valence electrons. The summed E-state index contributed by atoms with van der Waals surface area (Å²) >= 11 is 4.07. The van der Waals surface area contributed by atoms with E-state index in [1.807, 2.05) is 0 Å². The van der Waals surface area contributed by atoms with Crippen LogP contribution in [0.2, 0.25) is 0 Å². The molecule has 0 N–H and O–H groups in total. The molecule has 0 aliphatic carbocycles. The van der Waals surface area contributed by atoms with Gasteiger partial charge in [-0.2, -0.15) is 39.5 Å². The first-order valence-electron chi connectivity index (χ1n) is 3.69. The molecule has 0 aliphatic heterocycles. The predicted molar refractivity (Wildman–Crippen MR) is 37.7 cm³/mol. The van der Waals surface area contributed by atoms with Gasteiger partial charge in [0.15, 0.2) is 6.61 Å². The topological polar surface area (TPSA) is 26.3 Å². The van der Waals surface area contributed by atoms with Crippen LogP contribution >= 0.6 is 11.6 Å². The van der Waals surface area contributed by atoms with Gasteiger partial charge in [0.05, 0.1) is 0 Å². The van der Waals surface area contributed by atoms with Crippen molar-refractivity contribution < 1.29 is 49.0 Å². The van der Waals surface area contributed by atoms with E-state index in [1.54, 1.807) is 0 Å². The fourth-order valence-electron chi connectivity index (χ4n) is 0.544. The number of hydrogen-bond donors (Lipinski definition) is 0. The van der Waals surface area contributed by atoms with Gasteiger partial charge in [-0.1, -0.05) is 0 Å². The summed E-state index contributed by atoms with van der Waals surface area (Å²) in [6, 6.07) is 0. The van der Waals surface area contributed by atoms with E-state index < -0.39 is 36.0 Å². The molecule has 12 heteroatoms. The van der Waals surface area contributed by atoms with Gasteiger partial charge < -0.3 is 4.74 Å². The molecule has 0 bridgehead atoms. The van der Waals surface area contributed by atoms with Crippen molar-refractivity contribution in [3.63, 3.8) is 0 Å². The van der Waals surface area contributed by atoms with Crippen molar-refractivity contribution in [2.24, 2.45) is 0 Å². The summed E-state index contributed by atoms with van der Waals surface area (Å²) in [5.41, 5.74) is 0. The molecule has 0 heterocycles. The SMILES string of the molecule is O=C(OCC(F)(F)Cl)C(F)(F)C(F)(F)C(F)(F)F. The molecule has 0 saturated heterocycles. The van der Waals surface area contributed by atoms with Gasteiger partial charge in [0, 0.05) is 0 Å². The minimum absolute atomic E-state index is 2.28. The van der Waals surface area contributed by atoms with Gasteiger partial charge in [0.1, 0.15) is 0 Å². The molecule has 0 aromatic heterocycles. The zero-order valence-corrected chi connectivity index (χ0v) is 8.56. The first-order valence-corrected chi connectivity index (χ1v) is 4.07. The highest BCUT2D eigenvalue weighted by Gasteiger charge is 2.77. The number of alkyl halides is 10. The van der Waals surface area contributed by atoms with E-state index in [0.29, 0.717) is 0 Å². The third-order valence-corrected chi connectivity index (χ3v) is 1.48. The molecule has 0 rings (SSSR count). The summed E-state index contributed by atoms with van der Waals surface area (Å²) in [6.45, 7) is -2.28. The van der Waals surface area contributed by atoms with E-state index in [-0.39, 0.29) is 0 Å². The Balaban J connectivity index is 4.99. The number of hydrogen-bond acceptors (Lipinski definition) is 2. The van der Waals surface area contributed by atoms with Crippen LogP contribution < -0.4 is 0 Å². The second kappa shape index (κ2) is 4.67. The van der Waals surface area contributed by atoms with Crippen LogP contribution in [0.1, 0.15) is 0 Å². The Morgan fingerprint density at radius 3 is 1.61 bits per heavy atom. The Morgan fingerprint density at radius 2 is 1.33 bits per heavy atom. The zero-order chi connectivity index (χ0) is 15.0. The van der Waals surface area contributed by atoms with Crippen LogP contribution in [0.4, 0.5) is 39.5 Å². The molecular formula is C6H2ClF9O2. The highest BCUT2D eigenvalue weighted by Crippen LogP contribution is 2.47. The smallest absolute Gasteiger partial charge is 0.453 e. The molecule has 0 aliphatic rings. The molecule has 0 amide bonds. The molecular weight excluding hydrogens is 310 g/mol. The van der Waals surface area contributed by atoms with E-state index >= 15 is 0 Å². The second-order valence-electron chi connectivity index (χ2n) is 2.84. The largest absolute Gasteiger partial charge is 0.460 e. The molecule has 0 aromatic carbocycles. The fourth-order valence-corrected chi connectivity index (χ4v) is 0.599. The number of carbonyl (C=O) groups excluding carboxylic acids is 1. The normalized spacial score (nSPS) is 14.6. The average Bonchev–Trinajstić information content (AvgIpc) is 2.10. The predicted octanol–water partition coefficient (Wildman–Crippen LogP) is 3.19. The van der Waals surface area contributed by atoms with Gasteiger partial charge in [-0.25, -0.2) is 4.79 Å². The van der Waals surface area contributed by atoms with Gasteiger partial charge in [-0.3, -0.25) is 0 Å². The van der Waals surface area contributed by atoms with Crippen molar-refractivity contribution in [3.05, 3.63) is 0 Å². The van der Waals surface area contributed by atoms with Crippen LogP contribution in [-0.4, -0.2) is 36.0 Å². The van der Waals surface area contributed by atoms with E-state index in [4.69, 9.17) is 0 Å². The lowest BCUT2D eigenvalue weighted by molar-refractivity contribution is -0.348. The van der Waals surface area contributed by atoms with Crippen LogP contribution in [-0.2, 0) is 9.53 Å². The Labute approximate surface area is 97.6 Å². The molecule has 18 heavy (non-hydrogen) atoms. The van der Waals surface area contributed by atoms with E-state index in [0.717, 1.165) is 0 Å². The number of esters is 1. The number of ether oxygens (including phenoxy) is 1. The van der Waals surface area contributed by atoms with Crippen LogP contribution in [0.5, 0.6) is 0 Å². The monoisotopic (exact) mass is 312 g/mol. The van der Waals surface area contributed by atoms with Gasteiger partial charge in [0.2, 0.25) is 0 Å². The zero-order valence-electron chi connectivity index (χ0n) is 7.80.